The van der Waals surface area contributed by atoms with Crippen LogP contribution in [0.3, 0.4) is 0 Å². The fourth-order valence-corrected chi connectivity index (χ4v) is 4.42. The second kappa shape index (κ2) is 7.91. The van der Waals surface area contributed by atoms with Gasteiger partial charge in [0.2, 0.25) is 0 Å². The summed E-state index contributed by atoms with van der Waals surface area (Å²) in [5.74, 6) is 0.887. The van der Waals surface area contributed by atoms with Gasteiger partial charge in [-0.3, -0.25) is 4.90 Å². The van der Waals surface area contributed by atoms with Crippen LogP contribution in [0, 0.1) is 5.92 Å². The van der Waals surface area contributed by atoms with E-state index in [9.17, 15) is 0 Å². The first-order chi connectivity index (χ1) is 10.4. The molecular weight excluding hydrogens is 260 g/mol. The van der Waals surface area contributed by atoms with Gasteiger partial charge in [0.25, 0.3) is 0 Å². The predicted octanol–water partition coefficient (Wildman–Crippen LogP) is 1.09. The topological polar surface area (TPSA) is 21.8 Å². The van der Waals surface area contributed by atoms with E-state index in [0.717, 1.165) is 12.0 Å². The van der Waals surface area contributed by atoms with Gasteiger partial charge < -0.3 is 15.1 Å². The molecule has 1 N–H and O–H groups in total. The minimum absolute atomic E-state index is 0.777. The van der Waals surface area contributed by atoms with Gasteiger partial charge in [-0.05, 0) is 51.4 Å². The van der Waals surface area contributed by atoms with Crippen LogP contribution in [-0.4, -0.2) is 86.2 Å². The zero-order valence-electron chi connectivity index (χ0n) is 13.9. The Morgan fingerprint density at radius 1 is 0.905 bits per heavy atom. The molecule has 3 fully saturated rings. The third kappa shape index (κ3) is 4.19. The number of rotatable bonds is 4. The number of nitrogens with one attached hydrogen (secondary N) is 1. The molecule has 3 saturated heterocycles. The molecule has 3 aliphatic heterocycles. The van der Waals surface area contributed by atoms with E-state index >= 15 is 0 Å². The van der Waals surface area contributed by atoms with Crippen molar-refractivity contribution in [2.45, 2.75) is 38.6 Å². The number of likely N-dealkylation sites (N-methyl/N-ethyl adjacent to an activating group) is 1. The SMILES string of the molecule is CCN1CCN(C2CNCCC2CN2CCCCC2)CC1. The zero-order chi connectivity index (χ0) is 14.5. The monoisotopic (exact) mass is 294 g/mol. The number of likely N-dealkylation sites (tertiary alicyclic amines) is 1. The molecule has 0 amide bonds. The number of nitrogens with zero attached hydrogens (tertiary/aromatic N) is 3. The van der Waals surface area contributed by atoms with Gasteiger partial charge in [0.15, 0.2) is 0 Å². The molecule has 0 spiro atoms. The molecule has 122 valence electrons. The van der Waals surface area contributed by atoms with Gasteiger partial charge in [-0.1, -0.05) is 13.3 Å². The van der Waals surface area contributed by atoms with Crippen molar-refractivity contribution in [1.82, 2.24) is 20.0 Å². The Kier molecular flexibility index (Phi) is 5.92. The molecule has 0 bridgehead atoms. The minimum Gasteiger partial charge on any atom is -0.315 e. The summed E-state index contributed by atoms with van der Waals surface area (Å²) in [6.07, 6.45) is 5.66. The van der Waals surface area contributed by atoms with Crippen molar-refractivity contribution < 1.29 is 0 Å². The number of hydrogen-bond donors (Lipinski definition) is 1. The maximum Gasteiger partial charge on any atom is 0.0262 e. The lowest BCUT2D eigenvalue weighted by Gasteiger charge is -2.45. The van der Waals surface area contributed by atoms with Crippen molar-refractivity contribution >= 4 is 0 Å². The highest BCUT2D eigenvalue weighted by Gasteiger charge is 2.32. The quantitative estimate of drug-likeness (QED) is 0.838. The Morgan fingerprint density at radius 3 is 2.38 bits per heavy atom. The van der Waals surface area contributed by atoms with Gasteiger partial charge >= 0.3 is 0 Å². The molecule has 0 radical (unpaired) electrons. The van der Waals surface area contributed by atoms with Crippen LogP contribution in [-0.2, 0) is 0 Å². The first-order valence-electron chi connectivity index (χ1n) is 9.26. The van der Waals surface area contributed by atoms with Crippen LogP contribution in [0.4, 0.5) is 0 Å². The van der Waals surface area contributed by atoms with Crippen LogP contribution in [0.15, 0.2) is 0 Å². The Hall–Kier alpha value is -0.160. The third-order valence-electron chi connectivity index (χ3n) is 5.85. The van der Waals surface area contributed by atoms with Crippen LogP contribution in [0.5, 0.6) is 0 Å². The minimum atomic E-state index is 0.777. The van der Waals surface area contributed by atoms with Crippen molar-refractivity contribution in [3.8, 4) is 0 Å². The zero-order valence-corrected chi connectivity index (χ0v) is 13.9. The molecule has 0 aliphatic carbocycles. The Morgan fingerprint density at radius 2 is 1.67 bits per heavy atom. The fraction of sp³-hybridized carbons (Fsp3) is 1.00. The van der Waals surface area contributed by atoms with Gasteiger partial charge in [0.1, 0.15) is 0 Å². The summed E-state index contributed by atoms with van der Waals surface area (Å²) < 4.78 is 0. The van der Waals surface area contributed by atoms with E-state index in [1.165, 1.54) is 91.1 Å². The summed E-state index contributed by atoms with van der Waals surface area (Å²) in [5.41, 5.74) is 0. The molecule has 0 aromatic carbocycles. The first kappa shape index (κ1) is 15.7. The number of hydrogen-bond acceptors (Lipinski definition) is 4. The smallest absolute Gasteiger partial charge is 0.0262 e. The molecule has 3 heterocycles. The van der Waals surface area contributed by atoms with E-state index < -0.39 is 0 Å². The lowest BCUT2D eigenvalue weighted by molar-refractivity contribution is 0.0421. The van der Waals surface area contributed by atoms with E-state index in [0.29, 0.717) is 0 Å². The van der Waals surface area contributed by atoms with Crippen molar-refractivity contribution in [1.29, 1.82) is 0 Å². The summed E-state index contributed by atoms with van der Waals surface area (Å²) >= 11 is 0. The fourth-order valence-electron chi connectivity index (χ4n) is 4.42. The third-order valence-corrected chi connectivity index (χ3v) is 5.85. The molecule has 3 rings (SSSR count). The van der Waals surface area contributed by atoms with Crippen molar-refractivity contribution in [3.63, 3.8) is 0 Å². The van der Waals surface area contributed by atoms with Crippen molar-refractivity contribution in [3.05, 3.63) is 0 Å². The molecule has 4 heteroatoms. The van der Waals surface area contributed by atoms with E-state index in [4.69, 9.17) is 0 Å². The van der Waals surface area contributed by atoms with Gasteiger partial charge in [0, 0.05) is 45.3 Å². The average molecular weight is 294 g/mol. The van der Waals surface area contributed by atoms with Crippen LogP contribution in [0.1, 0.15) is 32.6 Å². The van der Waals surface area contributed by atoms with E-state index in [2.05, 4.69) is 26.9 Å². The highest BCUT2D eigenvalue weighted by Crippen LogP contribution is 2.22. The maximum atomic E-state index is 3.65. The van der Waals surface area contributed by atoms with Crippen LogP contribution in [0.2, 0.25) is 0 Å². The average Bonchev–Trinajstić information content (AvgIpc) is 2.56. The summed E-state index contributed by atoms with van der Waals surface area (Å²) in [6, 6.07) is 0.777. The Bertz CT molecular complexity index is 295. The number of piperidine rings is 2. The molecule has 0 aromatic rings. The summed E-state index contributed by atoms with van der Waals surface area (Å²) in [6.45, 7) is 15.1. The predicted molar refractivity (Wildman–Crippen MR) is 88.7 cm³/mol. The molecule has 0 aromatic heterocycles. The molecule has 4 nitrogen and oxygen atoms in total. The molecular formula is C17H34N4. The Labute approximate surface area is 130 Å². The molecule has 2 unspecified atom stereocenters. The first-order valence-corrected chi connectivity index (χ1v) is 9.26. The second-order valence-electron chi connectivity index (χ2n) is 7.15. The normalized spacial score (nSPS) is 34.1. The van der Waals surface area contributed by atoms with E-state index in [1.807, 2.05) is 0 Å². The number of piperazine rings is 1. The molecule has 3 aliphatic rings. The van der Waals surface area contributed by atoms with Gasteiger partial charge in [0.05, 0.1) is 0 Å². The lowest BCUT2D eigenvalue weighted by atomic mass is 9.89. The van der Waals surface area contributed by atoms with Gasteiger partial charge in [-0.15, -0.1) is 0 Å². The highest BCUT2D eigenvalue weighted by molar-refractivity contribution is 4.90. The lowest BCUT2D eigenvalue weighted by Crippen LogP contribution is -2.59. The molecule has 0 saturated carbocycles. The standard InChI is InChI=1S/C17H34N4/c1-2-19-10-12-21(13-11-19)17-14-18-7-6-16(17)15-20-8-4-3-5-9-20/h16-18H,2-15H2,1H3. The van der Waals surface area contributed by atoms with E-state index in [1.54, 1.807) is 0 Å². The van der Waals surface area contributed by atoms with Crippen molar-refractivity contribution in [2.75, 3.05) is 65.4 Å². The Balaban J connectivity index is 1.53. The maximum absolute atomic E-state index is 3.65. The van der Waals surface area contributed by atoms with Crippen LogP contribution in [0.25, 0.3) is 0 Å². The van der Waals surface area contributed by atoms with Crippen molar-refractivity contribution in [2.24, 2.45) is 5.92 Å². The molecule has 21 heavy (non-hydrogen) atoms. The van der Waals surface area contributed by atoms with E-state index in [-0.39, 0.29) is 0 Å². The largest absolute Gasteiger partial charge is 0.315 e. The van der Waals surface area contributed by atoms with Crippen LogP contribution >= 0.6 is 0 Å². The summed E-state index contributed by atoms with van der Waals surface area (Å²) in [4.78, 5) is 8.12. The summed E-state index contributed by atoms with van der Waals surface area (Å²) in [7, 11) is 0. The van der Waals surface area contributed by atoms with Gasteiger partial charge in [-0.25, -0.2) is 0 Å². The van der Waals surface area contributed by atoms with Gasteiger partial charge in [-0.2, -0.15) is 0 Å². The van der Waals surface area contributed by atoms with Crippen LogP contribution < -0.4 is 5.32 Å². The second-order valence-corrected chi connectivity index (χ2v) is 7.15. The highest BCUT2D eigenvalue weighted by atomic mass is 15.3. The summed E-state index contributed by atoms with van der Waals surface area (Å²) in [5, 5.41) is 3.65. The molecule has 2 atom stereocenters.